The number of carbonyl (C=O) groups excluding carboxylic acids is 1. The van der Waals surface area contributed by atoms with Gasteiger partial charge in [0.15, 0.2) is 5.65 Å². The Kier molecular flexibility index (Phi) is 8.60. The van der Waals surface area contributed by atoms with Crippen molar-refractivity contribution in [2.45, 2.75) is 19.6 Å². The Bertz CT molecular complexity index is 1740. The molecule has 1 atom stereocenters. The van der Waals surface area contributed by atoms with E-state index in [4.69, 9.17) is 0 Å². The average molecular weight is 598 g/mol. The van der Waals surface area contributed by atoms with Gasteiger partial charge in [-0.05, 0) is 44.3 Å². The standard InChI is InChI=1S/C33H39N7O4/c1-24-21-28(31(42)38-17-13-35(2)14-18-38)29-30(34-24)39(33(44)40(32(29)43)26-11-7-4-8-12-26)23-27(41)22-36-15-19-37(20-16-36)25-9-5-3-6-10-25/h3-12,21,27,41H,13-20,22-23H2,1-2H3. The van der Waals surface area contributed by atoms with Crippen LogP contribution in [0.15, 0.2) is 76.3 Å². The Morgan fingerprint density at radius 3 is 2.09 bits per heavy atom. The van der Waals surface area contributed by atoms with Gasteiger partial charge >= 0.3 is 5.69 Å². The molecule has 0 aliphatic carbocycles. The van der Waals surface area contributed by atoms with Crippen LogP contribution >= 0.6 is 0 Å². The van der Waals surface area contributed by atoms with E-state index in [-0.39, 0.29) is 29.0 Å². The molecule has 2 aromatic carbocycles. The lowest BCUT2D eigenvalue weighted by atomic mass is 10.1. The van der Waals surface area contributed by atoms with Gasteiger partial charge in [0.1, 0.15) is 0 Å². The highest BCUT2D eigenvalue weighted by Crippen LogP contribution is 2.20. The molecule has 4 aromatic rings. The Morgan fingerprint density at radius 2 is 1.45 bits per heavy atom. The fraction of sp³-hybridized carbons (Fsp3) is 0.394. The molecule has 11 nitrogen and oxygen atoms in total. The molecule has 11 heteroatoms. The number of aliphatic hydroxyl groups is 1. The number of aliphatic hydroxyl groups excluding tert-OH is 1. The van der Waals surface area contributed by atoms with Crippen LogP contribution in [0.3, 0.4) is 0 Å². The van der Waals surface area contributed by atoms with Gasteiger partial charge in [0.25, 0.3) is 11.5 Å². The Morgan fingerprint density at radius 1 is 0.841 bits per heavy atom. The van der Waals surface area contributed by atoms with Gasteiger partial charge in [0, 0.05) is 70.3 Å². The van der Waals surface area contributed by atoms with Gasteiger partial charge in [-0.15, -0.1) is 0 Å². The molecule has 2 saturated heterocycles. The lowest BCUT2D eigenvalue weighted by Crippen LogP contribution is -2.50. The second kappa shape index (κ2) is 12.7. The van der Waals surface area contributed by atoms with Gasteiger partial charge in [0.2, 0.25) is 0 Å². The summed E-state index contributed by atoms with van der Waals surface area (Å²) in [5.74, 6) is -0.257. The molecule has 1 amide bonds. The second-order valence-electron chi connectivity index (χ2n) is 11.8. The maximum atomic E-state index is 14.1. The number of hydrogen-bond acceptors (Lipinski definition) is 8. The minimum absolute atomic E-state index is 0.0695. The van der Waals surface area contributed by atoms with Gasteiger partial charge < -0.3 is 19.8 Å². The monoisotopic (exact) mass is 597 g/mol. The van der Waals surface area contributed by atoms with Crippen molar-refractivity contribution in [1.82, 2.24) is 28.8 Å². The summed E-state index contributed by atoms with van der Waals surface area (Å²) in [6.45, 7) is 7.80. The van der Waals surface area contributed by atoms with E-state index in [9.17, 15) is 19.5 Å². The molecule has 6 rings (SSSR count). The van der Waals surface area contributed by atoms with E-state index in [1.807, 2.05) is 31.3 Å². The van der Waals surface area contributed by atoms with E-state index in [1.54, 1.807) is 42.2 Å². The maximum Gasteiger partial charge on any atom is 0.337 e. The van der Waals surface area contributed by atoms with Crippen LogP contribution in [0.5, 0.6) is 0 Å². The predicted molar refractivity (Wildman–Crippen MR) is 171 cm³/mol. The Balaban J connectivity index is 1.35. The number of likely N-dealkylation sites (N-methyl/N-ethyl adjacent to an activating group) is 1. The number of hydrogen-bond donors (Lipinski definition) is 1. The molecule has 0 radical (unpaired) electrons. The lowest BCUT2D eigenvalue weighted by molar-refractivity contribution is 0.0665. The first-order valence-electron chi connectivity index (χ1n) is 15.2. The molecule has 0 bridgehead atoms. The predicted octanol–water partition coefficient (Wildman–Crippen LogP) is 1.43. The Labute approximate surface area is 256 Å². The summed E-state index contributed by atoms with van der Waals surface area (Å²) in [6, 6.07) is 20.6. The first-order valence-corrected chi connectivity index (χ1v) is 15.2. The number of β-amino-alcohol motifs (C(OH)–C–C–N with tert-alkyl or cyclic N) is 1. The van der Waals surface area contributed by atoms with Crippen LogP contribution in [-0.2, 0) is 6.54 Å². The summed E-state index contributed by atoms with van der Waals surface area (Å²) in [5, 5.41) is 11.4. The largest absolute Gasteiger partial charge is 0.390 e. The average Bonchev–Trinajstić information content (AvgIpc) is 3.04. The quantitative estimate of drug-likeness (QED) is 0.341. The Hall–Kier alpha value is -4.32. The molecular formula is C33H39N7O4. The summed E-state index contributed by atoms with van der Waals surface area (Å²) in [5.41, 5.74) is 1.25. The van der Waals surface area contributed by atoms with E-state index in [2.05, 4.69) is 31.8 Å². The van der Waals surface area contributed by atoms with Gasteiger partial charge in [-0.3, -0.25) is 19.1 Å². The van der Waals surface area contributed by atoms with E-state index < -0.39 is 17.4 Å². The van der Waals surface area contributed by atoms with Gasteiger partial charge in [-0.1, -0.05) is 36.4 Å². The zero-order chi connectivity index (χ0) is 30.8. The summed E-state index contributed by atoms with van der Waals surface area (Å²) < 4.78 is 2.45. The van der Waals surface area contributed by atoms with Crippen molar-refractivity contribution in [2.75, 3.05) is 70.9 Å². The number of benzene rings is 2. The first kappa shape index (κ1) is 29.7. The number of pyridine rings is 1. The highest BCUT2D eigenvalue weighted by atomic mass is 16.3. The number of carbonyl (C=O) groups is 1. The van der Waals surface area contributed by atoms with Crippen molar-refractivity contribution in [1.29, 1.82) is 0 Å². The highest BCUT2D eigenvalue weighted by molar-refractivity contribution is 6.05. The fourth-order valence-corrected chi connectivity index (χ4v) is 6.18. The van der Waals surface area contributed by atoms with E-state index in [0.717, 1.165) is 43.8 Å². The van der Waals surface area contributed by atoms with Crippen molar-refractivity contribution in [2.24, 2.45) is 0 Å². The van der Waals surface area contributed by atoms with Gasteiger partial charge in [-0.2, -0.15) is 0 Å². The number of piperazine rings is 2. The minimum Gasteiger partial charge on any atom is -0.390 e. The number of aryl methyl sites for hydroxylation is 1. The lowest BCUT2D eigenvalue weighted by Gasteiger charge is -2.37. The molecule has 2 aliphatic rings. The summed E-state index contributed by atoms with van der Waals surface area (Å²) >= 11 is 0. The van der Waals surface area contributed by atoms with Crippen LogP contribution in [0.4, 0.5) is 5.69 Å². The number of rotatable bonds is 7. The summed E-state index contributed by atoms with van der Waals surface area (Å²) in [4.78, 5) is 55.0. The number of para-hydroxylation sites is 2. The zero-order valence-corrected chi connectivity index (χ0v) is 25.3. The second-order valence-corrected chi connectivity index (χ2v) is 11.8. The molecule has 2 aliphatic heterocycles. The topological polar surface area (TPSA) is 107 Å². The van der Waals surface area contributed by atoms with Crippen molar-refractivity contribution >= 4 is 22.6 Å². The molecule has 230 valence electrons. The van der Waals surface area contributed by atoms with Gasteiger partial charge in [0.05, 0.1) is 29.3 Å². The molecule has 1 N–H and O–H groups in total. The molecule has 44 heavy (non-hydrogen) atoms. The zero-order valence-electron chi connectivity index (χ0n) is 25.3. The van der Waals surface area contributed by atoms with Crippen LogP contribution in [0.2, 0.25) is 0 Å². The van der Waals surface area contributed by atoms with Crippen LogP contribution in [0.1, 0.15) is 16.1 Å². The molecule has 1 unspecified atom stereocenters. The number of anilines is 1. The number of fused-ring (bicyclic) bond motifs is 1. The maximum absolute atomic E-state index is 14.1. The number of aromatic nitrogens is 3. The molecule has 2 aromatic heterocycles. The van der Waals surface area contributed by atoms with Gasteiger partial charge in [-0.25, -0.2) is 14.3 Å². The third-order valence-corrected chi connectivity index (χ3v) is 8.61. The number of nitrogens with zero attached hydrogens (tertiary/aromatic N) is 7. The molecule has 0 spiro atoms. The molecular weight excluding hydrogens is 558 g/mol. The minimum atomic E-state index is -0.903. The van der Waals surface area contributed by atoms with Crippen molar-refractivity contribution in [3.63, 3.8) is 0 Å². The van der Waals surface area contributed by atoms with Crippen LogP contribution in [-0.4, -0.2) is 112 Å². The fourth-order valence-electron chi connectivity index (χ4n) is 6.18. The molecule has 4 heterocycles. The first-order chi connectivity index (χ1) is 21.3. The highest BCUT2D eigenvalue weighted by Gasteiger charge is 2.28. The third kappa shape index (κ3) is 6.03. The van der Waals surface area contributed by atoms with Crippen molar-refractivity contribution < 1.29 is 9.90 Å². The smallest absolute Gasteiger partial charge is 0.337 e. The number of amides is 1. The molecule has 0 saturated carbocycles. The van der Waals surface area contributed by atoms with E-state index in [1.165, 1.54) is 10.3 Å². The van der Waals surface area contributed by atoms with Crippen molar-refractivity contribution in [3.05, 3.63) is 98.8 Å². The normalized spacial score (nSPS) is 17.2. The van der Waals surface area contributed by atoms with Crippen LogP contribution < -0.4 is 16.1 Å². The summed E-state index contributed by atoms with van der Waals surface area (Å²) in [6.07, 6.45) is -0.903. The SMILES string of the molecule is Cc1cc(C(=O)N2CCN(C)CC2)c2c(=O)n(-c3ccccc3)c(=O)n(CC(O)CN3CCN(c4ccccc4)CC3)c2n1. The van der Waals surface area contributed by atoms with E-state index in [0.29, 0.717) is 31.0 Å². The van der Waals surface area contributed by atoms with Crippen LogP contribution in [0.25, 0.3) is 16.7 Å². The van der Waals surface area contributed by atoms with Crippen LogP contribution in [0, 0.1) is 6.92 Å². The van der Waals surface area contributed by atoms with Crippen molar-refractivity contribution in [3.8, 4) is 5.69 Å². The molecule has 2 fully saturated rings. The summed E-state index contributed by atoms with van der Waals surface area (Å²) in [7, 11) is 2.01. The third-order valence-electron chi connectivity index (χ3n) is 8.61. The van der Waals surface area contributed by atoms with E-state index >= 15 is 0 Å².